The highest BCUT2D eigenvalue weighted by atomic mass is 28.3. The van der Waals surface area contributed by atoms with Crippen molar-refractivity contribution in [2.75, 3.05) is 56.2 Å². The highest BCUT2D eigenvalue weighted by molar-refractivity contribution is 6.76. The van der Waals surface area contributed by atoms with Gasteiger partial charge in [-0.2, -0.15) is 0 Å². The van der Waals surface area contributed by atoms with Crippen LogP contribution in [0.1, 0.15) is 81.0 Å². The normalized spacial score (nSPS) is 17.0. The first kappa shape index (κ1) is 58.4. The van der Waals surface area contributed by atoms with Gasteiger partial charge in [0.05, 0.1) is 60.2 Å². The molecular weight excluding hydrogens is 1060 g/mol. The Morgan fingerprint density at radius 1 is 0.768 bits per heavy atom. The molecule has 21 nitrogen and oxygen atoms in total. The molecule has 0 bridgehead atoms. The van der Waals surface area contributed by atoms with Crippen molar-refractivity contribution in [3.63, 3.8) is 0 Å². The van der Waals surface area contributed by atoms with Crippen molar-refractivity contribution < 1.29 is 52.5 Å². The van der Waals surface area contributed by atoms with E-state index in [1.54, 1.807) is 57.4 Å². The van der Waals surface area contributed by atoms with Gasteiger partial charge in [0.25, 0.3) is 17.7 Å². The highest BCUT2D eigenvalue weighted by Crippen LogP contribution is 2.42. The molecule has 0 fully saturated rings. The predicted molar refractivity (Wildman–Crippen MR) is 312 cm³/mol. The zero-order valence-electron chi connectivity index (χ0n) is 47.6. The first-order valence-corrected chi connectivity index (χ1v) is 31.5. The number of rotatable bonds is 22. The Balaban J connectivity index is 0.917. The molecule has 434 valence electrons. The van der Waals surface area contributed by atoms with Crippen molar-refractivity contribution in [3.8, 4) is 23.0 Å². The van der Waals surface area contributed by atoms with Crippen LogP contribution < -0.4 is 56.6 Å². The lowest BCUT2D eigenvalue weighted by Gasteiger charge is -2.36. The van der Waals surface area contributed by atoms with Crippen molar-refractivity contribution in [1.82, 2.24) is 25.4 Å². The van der Waals surface area contributed by atoms with E-state index >= 15 is 0 Å². The van der Waals surface area contributed by atoms with Crippen LogP contribution in [-0.4, -0.2) is 123 Å². The monoisotopic (exact) mass is 1140 g/mol. The van der Waals surface area contributed by atoms with E-state index in [0.29, 0.717) is 77.2 Å². The van der Waals surface area contributed by atoms with E-state index in [1.807, 2.05) is 41.3 Å². The molecule has 0 saturated heterocycles. The highest BCUT2D eigenvalue weighted by Gasteiger charge is 2.43. The predicted octanol–water partition coefficient (Wildman–Crippen LogP) is 6.33. The van der Waals surface area contributed by atoms with Crippen molar-refractivity contribution in [1.29, 1.82) is 0 Å². The van der Waals surface area contributed by atoms with Crippen molar-refractivity contribution >= 4 is 60.7 Å². The van der Waals surface area contributed by atoms with Crippen LogP contribution >= 0.6 is 0 Å². The van der Waals surface area contributed by atoms with Crippen molar-refractivity contribution in [3.05, 3.63) is 130 Å². The van der Waals surface area contributed by atoms with E-state index in [0.717, 1.165) is 23.6 Å². The maximum Gasteiger partial charge on any atom is 0.312 e. The molecule has 0 aliphatic carbocycles. The van der Waals surface area contributed by atoms with Crippen LogP contribution in [-0.2, 0) is 58.3 Å². The number of amides is 7. The number of carbonyl (C=O) groups is 6. The van der Waals surface area contributed by atoms with Crippen LogP contribution in [0.4, 0.5) is 21.9 Å². The second kappa shape index (κ2) is 25.3. The molecule has 0 saturated carbocycles. The lowest BCUT2D eigenvalue weighted by molar-refractivity contribution is -0.128. The minimum absolute atomic E-state index is 0.00752. The molecule has 0 spiro atoms. The number of primary amides is 1. The molecule has 7 amide bonds. The molecule has 5 heterocycles. The fourth-order valence-electron chi connectivity index (χ4n) is 10.6. The molecular formula is C60H74N10O11Si. The summed E-state index contributed by atoms with van der Waals surface area (Å²) in [5.41, 5.74) is 18.5. The zero-order valence-corrected chi connectivity index (χ0v) is 48.6. The first-order valence-electron chi connectivity index (χ1n) is 27.8. The van der Waals surface area contributed by atoms with Gasteiger partial charge in [-0.15, -0.1) is 0 Å². The number of fused-ring (bicyclic) bond motifs is 6. The Kier molecular flexibility index (Phi) is 18.0. The number of anilines is 3. The number of nitrogens with zero attached hydrogens (tertiary/aromatic N) is 4. The van der Waals surface area contributed by atoms with Gasteiger partial charge in [0.15, 0.2) is 23.0 Å². The van der Waals surface area contributed by atoms with Crippen LogP contribution in [0.5, 0.6) is 23.0 Å². The SMILES string of the molecule is COc1cc2c(cc1OCc1cccc(COc3cc4c(cc3OC)C(=O)N3Cc5cc(NC(=O)[C@H](CCCNC(N)=O)NC(=O)[C@@H](N)C(C)C)ccc5C[C@H]3C(=O)N4COCC[Si](C)(C)C)n1)NC[C@@H]1Cc3ccccc3CN1C2=O. The Labute approximate surface area is 478 Å². The van der Waals surface area contributed by atoms with E-state index < -0.39 is 50.0 Å². The van der Waals surface area contributed by atoms with Gasteiger partial charge in [0.1, 0.15) is 32.0 Å². The summed E-state index contributed by atoms with van der Waals surface area (Å²) < 4.78 is 30.7. The average Bonchev–Trinajstić information content (AvgIpc) is 3.12. The number of carbonyl (C=O) groups excluding carboxylic acids is 6. The molecule has 9 rings (SSSR count). The summed E-state index contributed by atoms with van der Waals surface area (Å²) in [5.74, 6) is -0.624. The number of ether oxygens (including phenoxy) is 5. The van der Waals surface area contributed by atoms with E-state index in [9.17, 15) is 28.8 Å². The Bertz CT molecular complexity index is 3240. The van der Waals surface area contributed by atoms with Crippen molar-refractivity contribution in [2.45, 2.75) is 116 Å². The Morgan fingerprint density at radius 3 is 2.11 bits per heavy atom. The van der Waals surface area contributed by atoms with Crippen LogP contribution in [0.3, 0.4) is 0 Å². The molecule has 0 unspecified atom stereocenters. The molecule has 4 aliphatic rings. The smallest absolute Gasteiger partial charge is 0.312 e. The second-order valence-electron chi connectivity index (χ2n) is 22.7. The van der Waals surface area contributed by atoms with Gasteiger partial charge in [0.2, 0.25) is 11.8 Å². The minimum Gasteiger partial charge on any atom is -0.493 e. The van der Waals surface area contributed by atoms with Gasteiger partial charge in [-0.1, -0.05) is 69.9 Å². The van der Waals surface area contributed by atoms with E-state index in [-0.39, 0.29) is 86.7 Å². The van der Waals surface area contributed by atoms with Gasteiger partial charge < -0.3 is 66.2 Å². The molecule has 8 N–H and O–H groups in total. The summed E-state index contributed by atoms with van der Waals surface area (Å²) in [6, 6.07) is 23.2. The molecule has 1 aromatic heterocycles. The summed E-state index contributed by atoms with van der Waals surface area (Å²) in [4.78, 5) is 91.9. The maximum atomic E-state index is 15.0. The molecule has 4 atom stereocenters. The summed E-state index contributed by atoms with van der Waals surface area (Å²) in [6.07, 6.45) is 1.46. The van der Waals surface area contributed by atoms with E-state index in [1.165, 1.54) is 22.5 Å². The summed E-state index contributed by atoms with van der Waals surface area (Å²) in [6.45, 7) is 12.1. The zero-order chi connectivity index (χ0) is 58.4. The fourth-order valence-corrected chi connectivity index (χ4v) is 11.3. The molecule has 4 aliphatic heterocycles. The van der Waals surface area contributed by atoms with Crippen LogP contribution in [0, 0.1) is 5.92 Å². The summed E-state index contributed by atoms with van der Waals surface area (Å²) in [5, 5.41) is 11.7. The minimum atomic E-state index is -1.52. The van der Waals surface area contributed by atoms with Crippen LogP contribution in [0.2, 0.25) is 25.7 Å². The number of nitrogens with two attached hydrogens (primary N) is 2. The van der Waals surface area contributed by atoms with Crippen LogP contribution in [0.15, 0.2) is 84.9 Å². The Morgan fingerprint density at radius 2 is 1.43 bits per heavy atom. The third-order valence-corrected chi connectivity index (χ3v) is 17.1. The summed E-state index contributed by atoms with van der Waals surface area (Å²) in [7, 11) is 1.50. The maximum absolute atomic E-state index is 15.0. The second-order valence-corrected chi connectivity index (χ2v) is 28.3. The molecule has 4 aromatic carbocycles. The van der Waals surface area contributed by atoms with Gasteiger partial charge >= 0.3 is 6.03 Å². The largest absolute Gasteiger partial charge is 0.493 e. The number of aromatic nitrogens is 1. The van der Waals surface area contributed by atoms with E-state index in [4.69, 9.17) is 40.1 Å². The molecule has 82 heavy (non-hydrogen) atoms. The number of hydrogen-bond acceptors (Lipinski definition) is 14. The van der Waals surface area contributed by atoms with Gasteiger partial charge in [-0.05, 0) is 89.9 Å². The quantitative estimate of drug-likeness (QED) is 0.0327. The third-order valence-electron chi connectivity index (χ3n) is 15.4. The lowest BCUT2D eigenvalue weighted by Crippen LogP contribution is -2.52. The lowest BCUT2D eigenvalue weighted by atomic mass is 9.92. The number of methoxy groups -OCH3 is 2. The molecule has 22 heteroatoms. The topological polar surface area (TPSA) is 271 Å². The van der Waals surface area contributed by atoms with Gasteiger partial charge in [-0.25, -0.2) is 4.79 Å². The third kappa shape index (κ3) is 13.4. The van der Waals surface area contributed by atoms with Gasteiger partial charge in [-0.3, -0.25) is 33.9 Å². The number of hydrogen-bond donors (Lipinski definition) is 6. The van der Waals surface area contributed by atoms with Crippen molar-refractivity contribution in [2.24, 2.45) is 17.4 Å². The van der Waals surface area contributed by atoms with Crippen LogP contribution in [0.25, 0.3) is 0 Å². The number of nitrogens with one attached hydrogen (secondary N) is 4. The number of pyridine rings is 1. The number of urea groups is 1. The standard InChI is InChI=1S/C60H74N10O11Si/c1-35(2)54(61)56(72)67-46(16-11-19-63-60(62)76)55(71)66-40-18-17-37-24-49-59(75)70(34-79-20-21-82(5,6)7)48-28-53(51(78-4)26-45(48)58(74)69(49)31-39(37)22-40)81-33-42-15-10-14-41(65-42)32-80-52-27-47-44(25-50(52)77-3)57(73)68-30-38-13-9-8-12-36(38)23-43(68)29-64-47/h8-10,12-15,17-18,22,25-28,35,43,46,49,54,64H,11,16,19-21,23-24,29-34,61H2,1-7H3,(H,66,71)(H,67,72)(H3,62,63,76)/t43-,46-,49-,54-/m0/s1. The fraction of sp³-hybridized carbons (Fsp3) is 0.417. The van der Waals surface area contributed by atoms with E-state index in [2.05, 4.69) is 53.0 Å². The van der Waals surface area contributed by atoms with Gasteiger partial charge in [0, 0.05) is 65.1 Å². The first-order chi connectivity index (χ1) is 39.3. The average molecular weight is 1140 g/mol. The molecule has 5 aromatic rings. The summed E-state index contributed by atoms with van der Waals surface area (Å²) >= 11 is 0. The Hall–Kier alpha value is -8.21. The number of benzene rings is 4. The molecule has 0 radical (unpaired) electrons.